The van der Waals surface area contributed by atoms with Crippen molar-refractivity contribution in [3.05, 3.63) is 136 Å². The van der Waals surface area contributed by atoms with Crippen LogP contribution in [0.4, 0.5) is 0 Å². The molecule has 186 valence electrons. The molecule has 5 aliphatic rings. The lowest BCUT2D eigenvalue weighted by atomic mass is 9.60. The molecule has 5 nitrogen and oxygen atoms in total. The first kappa shape index (κ1) is 21.6. The van der Waals surface area contributed by atoms with E-state index in [1.807, 2.05) is 6.21 Å². The lowest BCUT2D eigenvalue weighted by Crippen LogP contribution is -2.40. The van der Waals surface area contributed by atoms with Crippen LogP contribution in [0.15, 0.2) is 119 Å². The molecule has 5 heteroatoms. The average molecular weight is 498 g/mol. The number of ether oxygens (including phenoxy) is 2. The predicted octanol–water partition coefficient (Wildman–Crippen LogP) is 6.07. The average Bonchev–Trinajstić information content (AvgIpc) is 3.52. The van der Waals surface area contributed by atoms with Gasteiger partial charge >= 0.3 is 0 Å². The molecule has 2 N–H and O–H groups in total. The van der Waals surface area contributed by atoms with E-state index < -0.39 is 5.41 Å². The molecule has 0 bridgehead atoms. The monoisotopic (exact) mass is 497 g/mol. The smallest absolute Gasteiger partial charge is 0.132 e. The van der Waals surface area contributed by atoms with Crippen LogP contribution < -0.4 is 20.2 Å². The molecule has 0 saturated carbocycles. The molecule has 8 rings (SSSR count). The molecule has 38 heavy (non-hydrogen) atoms. The molecule has 0 aromatic heterocycles. The second-order valence-electron chi connectivity index (χ2n) is 10.4. The second kappa shape index (κ2) is 8.25. The fourth-order valence-corrected chi connectivity index (χ4v) is 6.62. The van der Waals surface area contributed by atoms with Crippen molar-refractivity contribution in [3.8, 4) is 17.2 Å². The molecule has 3 aromatic carbocycles. The summed E-state index contributed by atoms with van der Waals surface area (Å²) in [7, 11) is 0. The lowest BCUT2D eigenvalue weighted by molar-refractivity contribution is 0.338. The molecular weight excluding hydrogens is 470 g/mol. The highest BCUT2D eigenvalue weighted by atomic mass is 16.5. The Hall–Kier alpha value is -4.51. The number of hydrogen-bond acceptors (Lipinski definition) is 5. The Labute approximate surface area is 221 Å². The van der Waals surface area contributed by atoms with Gasteiger partial charge in [0, 0.05) is 65.5 Å². The van der Waals surface area contributed by atoms with E-state index in [-0.39, 0.29) is 11.8 Å². The normalized spacial score (nSPS) is 25.7. The zero-order valence-corrected chi connectivity index (χ0v) is 20.9. The molecule has 4 heterocycles. The van der Waals surface area contributed by atoms with Crippen molar-refractivity contribution in [1.29, 1.82) is 0 Å². The second-order valence-corrected chi connectivity index (χ2v) is 10.4. The van der Waals surface area contributed by atoms with Crippen LogP contribution in [0.2, 0.25) is 0 Å². The van der Waals surface area contributed by atoms with Crippen LogP contribution in [0.3, 0.4) is 0 Å². The van der Waals surface area contributed by atoms with Crippen LogP contribution in [0, 0.1) is 5.92 Å². The summed E-state index contributed by atoms with van der Waals surface area (Å²) in [5.41, 5.74) is 9.61. The summed E-state index contributed by atoms with van der Waals surface area (Å²) >= 11 is 0. The Kier molecular flexibility index (Phi) is 4.68. The van der Waals surface area contributed by atoms with Gasteiger partial charge in [0.15, 0.2) is 0 Å². The molecule has 0 fully saturated rings. The number of rotatable bonds is 2. The van der Waals surface area contributed by atoms with E-state index in [4.69, 9.17) is 9.47 Å². The first-order valence-electron chi connectivity index (χ1n) is 13.3. The van der Waals surface area contributed by atoms with Gasteiger partial charge in [-0.25, -0.2) is 0 Å². The highest BCUT2D eigenvalue weighted by Crippen LogP contribution is 2.61. The first-order chi connectivity index (χ1) is 18.8. The molecule has 1 aliphatic carbocycles. The van der Waals surface area contributed by atoms with E-state index in [9.17, 15) is 0 Å². The third kappa shape index (κ3) is 3.02. The van der Waals surface area contributed by atoms with Crippen molar-refractivity contribution in [3.63, 3.8) is 0 Å². The minimum absolute atomic E-state index is 0.231. The fourth-order valence-electron chi connectivity index (χ4n) is 6.62. The van der Waals surface area contributed by atoms with E-state index in [2.05, 4.69) is 113 Å². The standard InChI is InChI=1S/C33H27N3O2/c1-3-10-29-24(7-1)33(26-14-12-21(17-31(26)37-29)23-19-35-36-20-23)25-8-2-4-11-30(25)38-32-18-22(13-15-27(32)33)28-9-5-6-16-34-28/h1-15,17,19,22-23,34,36H,16,18,20H2. The molecule has 3 unspecified atom stereocenters. The van der Waals surface area contributed by atoms with Gasteiger partial charge in [0.25, 0.3) is 0 Å². The number of fused-ring (bicyclic) bond motifs is 7. The minimum atomic E-state index is -0.537. The van der Waals surface area contributed by atoms with Crippen molar-refractivity contribution < 1.29 is 9.47 Å². The molecule has 0 saturated heterocycles. The van der Waals surface area contributed by atoms with Gasteiger partial charge < -0.3 is 20.2 Å². The van der Waals surface area contributed by atoms with Gasteiger partial charge in [0.05, 0.1) is 5.41 Å². The summed E-state index contributed by atoms with van der Waals surface area (Å²) < 4.78 is 13.3. The van der Waals surface area contributed by atoms with Crippen molar-refractivity contribution in [1.82, 2.24) is 10.7 Å². The van der Waals surface area contributed by atoms with Gasteiger partial charge in [-0.3, -0.25) is 0 Å². The topological polar surface area (TPSA) is 54.9 Å². The minimum Gasteiger partial charge on any atom is -0.461 e. The Morgan fingerprint density at radius 2 is 1.63 bits per heavy atom. The summed E-state index contributed by atoms with van der Waals surface area (Å²) in [5.74, 6) is 4.18. The highest BCUT2D eigenvalue weighted by Gasteiger charge is 2.51. The number of para-hydroxylation sites is 2. The molecule has 0 radical (unpaired) electrons. The number of dihydropyridines is 1. The maximum atomic E-state index is 6.71. The fraction of sp³-hybridized carbons (Fsp3) is 0.182. The molecule has 3 aromatic rings. The van der Waals surface area contributed by atoms with E-state index >= 15 is 0 Å². The van der Waals surface area contributed by atoms with Crippen molar-refractivity contribution in [2.24, 2.45) is 11.0 Å². The van der Waals surface area contributed by atoms with E-state index in [1.165, 1.54) is 16.8 Å². The summed E-state index contributed by atoms with van der Waals surface area (Å²) in [6.07, 6.45) is 13.9. The van der Waals surface area contributed by atoms with Crippen molar-refractivity contribution in [2.45, 2.75) is 17.8 Å². The zero-order valence-electron chi connectivity index (χ0n) is 20.9. The summed E-state index contributed by atoms with van der Waals surface area (Å²) in [6, 6.07) is 23.6. The van der Waals surface area contributed by atoms with Crippen LogP contribution in [-0.2, 0) is 5.41 Å². The van der Waals surface area contributed by atoms with Crippen LogP contribution >= 0.6 is 0 Å². The van der Waals surface area contributed by atoms with Crippen LogP contribution in [0.5, 0.6) is 17.2 Å². The Morgan fingerprint density at radius 3 is 2.39 bits per heavy atom. The largest absolute Gasteiger partial charge is 0.461 e. The lowest BCUT2D eigenvalue weighted by Gasteiger charge is -2.46. The van der Waals surface area contributed by atoms with E-state index in [0.29, 0.717) is 0 Å². The number of allylic oxidation sites excluding steroid dienone is 6. The molecular formula is C33H27N3O2. The molecule has 0 amide bonds. The van der Waals surface area contributed by atoms with Gasteiger partial charge in [-0.1, -0.05) is 72.8 Å². The van der Waals surface area contributed by atoms with Crippen molar-refractivity contribution >= 4 is 6.21 Å². The molecule has 1 spiro atoms. The van der Waals surface area contributed by atoms with E-state index in [0.717, 1.165) is 59.2 Å². The SMILES string of the molecule is C1=CCNC(C2C=CC3=C(C2)Oc2ccccc2C32c3ccccc3Oc3cc(C4C=NNC4)ccc32)=C1. The number of benzene rings is 3. The van der Waals surface area contributed by atoms with Crippen LogP contribution in [0.25, 0.3) is 0 Å². The number of hydrogen-bond donors (Lipinski definition) is 2. The van der Waals surface area contributed by atoms with Gasteiger partial charge in [0.2, 0.25) is 0 Å². The summed E-state index contributed by atoms with van der Waals surface area (Å²) in [5, 5.41) is 7.79. The van der Waals surface area contributed by atoms with Gasteiger partial charge in [0.1, 0.15) is 23.0 Å². The van der Waals surface area contributed by atoms with Gasteiger partial charge in [-0.05, 0) is 29.8 Å². The van der Waals surface area contributed by atoms with E-state index in [1.54, 1.807) is 0 Å². The number of nitrogens with zero attached hydrogens (tertiary/aromatic N) is 1. The zero-order chi connectivity index (χ0) is 25.1. The third-order valence-corrected chi connectivity index (χ3v) is 8.37. The van der Waals surface area contributed by atoms with Crippen LogP contribution in [0.1, 0.15) is 34.6 Å². The summed E-state index contributed by atoms with van der Waals surface area (Å²) in [6.45, 7) is 1.66. The maximum Gasteiger partial charge on any atom is 0.132 e. The molecule has 3 atom stereocenters. The van der Waals surface area contributed by atoms with Gasteiger partial charge in [-0.15, -0.1) is 0 Å². The highest BCUT2D eigenvalue weighted by molar-refractivity contribution is 5.76. The number of hydrazone groups is 1. The Balaban J connectivity index is 1.37. The van der Waals surface area contributed by atoms with Crippen molar-refractivity contribution in [2.75, 3.05) is 13.1 Å². The predicted molar refractivity (Wildman–Crippen MR) is 149 cm³/mol. The molecule has 4 aliphatic heterocycles. The maximum absolute atomic E-state index is 6.71. The quantitative estimate of drug-likeness (QED) is 0.452. The third-order valence-electron chi connectivity index (χ3n) is 8.37. The summed E-state index contributed by atoms with van der Waals surface area (Å²) in [4.78, 5) is 0. The first-order valence-corrected chi connectivity index (χ1v) is 13.3. The van der Waals surface area contributed by atoms with Crippen LogP contribution in [-0.4, -0.2) is 19.3 Å². The Morgan fingerprint density at radius 1 is 0.842 bits per heavy atom. The number of nitrogens with one attached hydrogen (secondary N) is 2. The van der Waals surface area contributed by atoms with Gasteiger partial charge in [-0.2, -0.15) is 5.10 Å². The Bertz CT molecular complexity index is 1630.